The Morgan fingerprint density at radius 3 is 2.48 bits per heavy atom. The average Bonchev–Trinajstić information content (AvgIpc) is 2.39. The fourth-order valence-corrected chi connectivity index (χ4v) is 1.89. The molecule has 2 unspecified atom stereocenters. The summed E-state index contributed by atoms with van der Waals surface area (Å²) in [5.41, 5.74) is 6.50. The van der Waals surface area contributed by atoms with E-state index in [0.717, 1.165) is 6.42 Å². The van der Waals surface area contributed by atoms with E-state index in [1.807, 2.05) is 27.7 Å². The molecule has 0 aromatic heterocycles. The molecule has 0 saturated carbocycles. The summed E-state index contributed by atoms with van der Waals surface area (Å²) in [5.74, 6) is 0.535. The van der Waals surface area contributed by atoms with Gasteiger partial charge in [-0.25, -0.2) is 0 Å². The zero-order chi connectivity index (χ0) is 15.3. The third-order valence-electron chi connectivity index (χ3n) is 3.12. The molecule has 0 bridgehead atoms. The molecule has 1 aromatic rings. The van der Waals surface area contributed by atoms with Gasteiger partial charge in [-0.1, -0.05) is 31.9 Å². The molecule has 1 rings (SSSR count). The van der Waals surface area contributed by atoms with Crippen molar-refractivity contribution in [1.29, 1.82) is 0 Å². The van der Waals surface area contributed by atoms with E-state index in [2.05, 4.69) is 5.32 Å². The Bertz CT molecular complexity index is 467. The van der Waals surface area contributed by atoms with Crippen LogP contribution in [0.15, 0.2) is 18.2 Å². The minimum absolute atomic E-state index is 0. The maximum absolute atomic E-state index is 12.0. The van der Waals surface area contributed by atoms with E-state index in [0.29, 0.717) is 16.5 Å². The number of nitrogens with two attached hydrogens (primary N) is 1. The number of ether oxygens (including phenoxy) is 1. The van der Waals surface area contributed by atoms with Gasteiger partial charge in [-0.3, -0.25) is 4.79 Å². The van der Waals surface area contributed by atoms with Crippen LogP contribution in [0.4, 0.5) is 5.69 Å². The molecular formula is C15H24Cl2N2O2. The van der Waals surface area contributed by atoms with Gasteiger partial charge >= 0.3 is 0 Å². The first-order valence-corrected chi connectivity index (χ1v) is 7.25. The van der Waals surface area contributed by atoms with Crippen molar-refractivity contribution >= 4 is 35.6 Å². The molecule has 0 spiro atoms. The third kappa shape index (κ3) is 6.12. The third-order valence-corrected chi connectivity index (χ3v) is 3.42. The van der Waals surface area contributed by atoms with Gasteiger partial charge in [0.2, 0.25) is 5.91 Å². The van der Waals surface area contributed by atoms with Crippen LogP contribution in [-0.4, -0.2) is 18.1 Å². The van der Waals surface area contributed by atoms with E-state index in [1.54, 1.807) is 18.2 Å². The summed E-state index contributed by atoms with van der Waals surface area (Å²) in [6.07, 6.45) is 0.906. The van der Waals surface area contributed by atoms with Gasteiger partial charge in [0.15, 0.2) is 0 Å². The normalized spacial score (nSPS) is 13.3. The molecule has 0 aliphatic heterocycles. The van der Waals surface area contributed by atoms with Crippen LogP contribution in [0.25, 0.3) is 0 Å². The van der Waals surface area contributed by atoms with Crippen molar-refractivity contribution < 1.29 is 9.53 Å². The van der Waals surface area contributed by atoms with Gasteiger partial charge < -0.3 is 15.8 Å². The second-order valence-corrected chi connectivity index (χ2v) is 5.62. The first-order valence-electron chi connectivity index (χ1n) is 6.87. The predicted octanol–water partition coefficient (Wildman–Crippen LogP) is 3.86. The molecular weight excluding hydrogens is 311 g/mol. The minimum Gasteiger partial charge on any atom is -0.489 e. The van der Waals surface area contributed by atoms with Crippen molar-refractivity contribution in [2.45, 2.75) is 46.3 Å². The number of hydrogen-bond acceptors (Lipinski definition) is 3. The van der Waals surface area contributed by atoms with Crippen molar-refractivity contribution in [3.05, 3.63) is 23.2 Å². The topological polar surface area (TPSA) is 64.4 Å². The smallest absolute Gasteiger partial charge is 0.241 e. The molecule has 3 N–H and O–H groups in total. The SMILES string of the molecule is CCC(C)C(N)C(=O)Nc1ccc(OC(C)C)c(Cl)c1.Cl. The second-order valence-electron chi connectivity index (χ2n) is 5.21. The number of carbonyl (C=O) groups is 1. The van der Waals surface area contributed by atoms with Crippen LogP contribution < -0.4 is 15.8 Å². The van der Waals surface area contributed by atoms with Crippen LogP contribution in [0.3, 0.4) is 0 Å². The van der Waals surface area contributed by atoms with Gasteiger partial charge in [0.25, 0.3) is 0 Å². The van der Waals surface area contributed by atoms with Crippen molar-refractivity contribution in [3.8, 4) is 5.75 Å². The number of halogens is 2. The molecule has 0 aliphatic rings. The number of nitrogens with one attached hydrogen (secondary N) is 1. The molecule has 2 atom stereocenters. The minimum atomic E-state index is -0.523. The molecule has 0 fully saturated rings. The molecule has 0 aliphatic carbocycles. The molecule has 1 aromatic carbocycles. The summed E-state index contributed by atoms with van der Waals surface area (Å²) in [6.45, 7) is 7.82. The van der Waals surface area contributed by atoms with Gasteiger partial charge in [0, 0.05) is 5.69 Å². The van der Waals surface area contributed by atoms with Crippen LogP contribution in [0.5, 0.6) is 5.75 Å². The first-order chi connectivity index (χ1) is 9.35. The molecule has 120 valence electrons. The quantitative estimate of drug-likeness (QED) is 0.830. The summed E-state index contributed by atoms with van der Waals surface area (Å²) < 4.78 is 5.54. The Balaban J connectivity index is 0.00000400. The number of rotatable bonds is 6. The highest BCUT2D eigenvalue weighted by molar-refractivity contribution is 6.32. The van der Waals surface area contributed by atoms with E-state index >= 15 is 0 Å². The molecule has 0 radical (unpaired) electrons. The summed E-state index contributed by atoms with van der Waals surface area (Å²) in [6, 6.07) is 4.64. The predicted molar refractivity (Wildman–Crippen MR) is 90.5 cm³/mol. The fourth-order valence-electron chi connectivity index (χ4n) is 1.67. The lowest BCUT2D eigenvalue weighted by atomic mass is 9.99. The van der Waals surface area contributed by atoms with E-state index in [-0.39, 0.29) is 30.3 Å². The Hall–Kier alpha value is -0.970. The van der Waals surface area contributed by atoms with Crippen molar-refractivity contribution in [3.63, 3.8) is 0 Å². The van der Waals surface area contributed by atoms with Gasteiger partial charge in [-0.05, 0) is 38.0 Å². The molecule has 6 heteroatoms. The Morgan fingerprint density at radius 2 is 2.00 bits per heavy atom. The van der Waals surface area contributed by atoms with Crippen molar-refractivity contribution in [2.24, 2.45) is 11.7 Å². The van der Waals surface area contributed by atoms with Gasteiger partial charge in [0.05, 0.1) is 17.2 Å². The average molecular weight is 335 g/mol. The number of anilines is 1. The zero-order valence-corrected chi connectivity index (χ0v) is 14.4. The number of hydrogen-bond donors (Lipinski definition) is 2. The lowest BCUT2D eigenvalue weighted by Crippen LogP contribution is -2.40. The van der Waals surface area contributed by atoms with E-state index in [4.69, 9.17) is 22.1 Å². The Kier molecular flexibility index (Phi) is 8.71. The number of amides is 1. The molecule has 1 amide bonds. The van der Waals surface area contributed by atoms with Gasteiger partial charge in [-0.15, -0.1) is 12.4 Å². The molecule has 0 heterocycles. The fraction of sp³-hybridized carbons (Fsp3) is 0.533. The molecule has 4 nitrogen and oxygen atoms in total. The summed E-state index contributed by atoms with van der Waals surface area (Å²) in [4.78, 5) is 12.0. The zero-order valence-electron chi connectivity index (χ0n) is 12.9. The van der Waals surface area contributed by atoms with Crippen LogP contribution in [-0.2, 0) is 4.79 Å². The summed E-state index contributed by atoms with van der Waals surface area (Å²) in [7, 11) is 0. The molecule has 21 heavy (non-hydrogen) atoms. The second kappa shape index (κ2) is 9.13. The van der Waals surface area contributed by atoms with Crippen LogP contribution in [0.2, 0.25) is 5.02 Å². The van der Waals surface area contributed by atoms with Gasteiger partial charge in [-0.2, -0.15) is 0 Å². The largest absolute Gasteiger partial charge is 0.489 e. The van der Waals surface area contributed by atoms with Crippen LogP contribution in [0.1, 0.15) is 34.1 Å². The van der Waals surface area contributed by atoms with Crippen molar-refractivity contribution in [1.82, 2.24) is 0 Å². The Morgan fingerprint density at radius 1 is 1.38 bits per heavy atom. The first kappa shape index (κ1) is 20.0. The Labute approximate surface area is 137 Å². The van der Waals surface area contributed by atoms with Gasteiger partial charge in [0.1, 0.15) is 5.75 Å². The maximum Gasteiger partial charge on any atom is 0.241 e. The highest BCUT2D eigenvalue weighted by Crippen LogP contribution is 2.28. The highest BCUT2D eigenvalue weighted by atomic mass is 35.5. The monoisotopic (exact) mass is 334 g/mol. The lowest BCUT2D eigenvalue weighted by Gasteiger charge is -2.18. The molecule has 0 saturated heterocycles. The lowest BCUT2D eigenvalue weighted by molar-refractivity contribution is -0.118. The number of benzene rings is 1. The van der Waals surface area contributed by atoms with Crippen LogP contribution in [0, 0.1) is 5.92 Å². The summed E-state index contributed by atoms with van der Waals surface area (Å²) in [5, 5.41) is 3.24. The van der Waals surface area contributed by atoms with E-state index in [1.165, 1.54) is 0 Å². The van der Waals surface area contributed by atoms with E-state index < -0.39 is 6.04 Å². The maximum atomic E-state index is 12.0. The van der Waals surface area contributed by atoms with Crippen LogP contribution >= 0.6 is 24.0 Å². The number of carbonyl (C=O) groups excluding carboxylic acids is 1. The van der Waals surface area contributed by atoms with Crippen molar-refractivity contribution in [2.75, 3.05) is 5.32 Å². The summed E-state index contributed by atoms with van der Waals surface area (Å²) >= 11 is 6.12. The standard InChI is InChI=1S/C15H23ClN2O2.ClH/c1-5-10(4)14(17)15(19)18-11-6-7-13(12(16)8-11)20-9(2)3;/h6-10,14H,5,17H2,1-4H3,(H,18,19);1H. The van der Waals surface area contributed by atoms with E-state index in [9.17, 15) is 4.79 Å². The highest BCUT2D eigenvalue weighted by Gasteiger charge is 2.19.